The molecular formula is C16H21NO3. The summed E-state index contributed by atoms with van der Waals surface area (Å²) >= 11 is 0. The molecule has 0 aliphatic heterocycles. The number of carboxylic acids is 1. The van der Waals surface area contributed by atoms with Gasteiger partial charge in [0.05, 0.1) is 5.92 Å². The predicted octanol–water partition coefficient (Wildman–Crippen LogP) is 3.08. The van der Waals surface area contributed by atoms with Crippen molar-refractivity contribution in [3.8, 4) is 0 Å². The number of hydrogen-bond donors (Lipinski definition) is 2. The first kappa shape index (κ1) is 14.6. The Hall–Kier alpha value is -1.84. The van der Waals surface area contributed by atoms with Crippen molar-refractivity contribution in [1.29, 1.82) is 0 Å². The quantitative estimate of drug-likeness (QED) is 0.867. The molecular weight excluding hydrogens is 254 g/mol. The third-order valence-electron chi connectivity index (χ3n) is 3.91. The smallest absolute Gasteiger partial charge is 0.306 e. The van der Waals surface area contributed by atoms with E-state index in [1.165, 1.54) is 5.56 Å². The van der Waals surface area contributed by atoms with Gasteiger partial charge >= 0.3 is 5.97 Å². The van der Waals surface area contributed by atoms with Crippen molar-refractivity contribution >= 4 is 17.6 Å². The number of carbonyl (C=O) groups excluding carboxylic acids is 1. The summed E-state index contributed by atoms with van der Waals surface area (Å²) in [6, 6.07) is 7.86. The van der Waals surface area contributed by atoms with E-state index < -0.39 is 5.97 Å². The molecule has 0 aromatic heterocycles. The SMILES string of the molecule is CCCc1ccc(NC(=O)[C@@H]2CC[C@H](C(=O)O)C2)cc1. The summed E-state index contributed by atoms with van der Waals surface area (Å²) in [4.78, 5) is 23.0. The van der Waals surface area contributed by atoms with Crippen LogP contribution in [0.3, 0.4) is 0 Å². The Morgan fingerprint density at radius 1 is 1.20 bits per heavy atom. The molecule has 1 aliphatic rings. The molecule has 0 saturated heterocycles. The van der Waals surface area contributed by atoms with Gasteiger partial charge in [-0.3, -0.25) is 9.59 Å². The van der Waals surface area contributed by atoms with Crippen LogP contribution in [0.1, 0.15) is 38.2 Å². The number of anilines is 1. The van der Waals surface area contributed by atoms with Crippen molar-refractivity contribution in [2.24, 2.45) is 11.8 Å². The van der Waals surface area contributed by atoms with E-state index in [-0.39, 0.29) is 17.7 Å². The van der Waals surface area contributed by atoms with Gasteiger partial charge in [-0.25, -0.2) is 0 Å². The largest absolute Gasteiger partial charge is 0.481 e. The lowest BCUT2D eigenvalue weighted by Gasteiger charge is -2.11. The van der Waals surface area contributed by atoms with Crippen LogP contribution < -0.4 is 5.32 Å². The third-order valence-corrected chi connectivity index (χ3v) is 3.91. The minimum atomic E-state index is -0.788. The van der Waals surface area contributed by atoms with Gasteiger partial charge in [-0.1, -0.05) is 25.5 Å². The highest BCUT2D eigenvalue weighted by Gasteiger charge is 2.33. The van der Waals surface area contributed by atoms with Crippen molar-refractivity contribution in [3.63, 3.8) is 0 Å². The van der Waals surface area contributed by atoms with Crippen LogP contribution in [-0.4, -0.2) is 17.0 Å². The fourth-order valence-corrected chi connectivity index (χ4v) is 2.73. The average Bonchev–Trinajstić information content (AvgIpc) is 2.91. The molecule has 0 unspecified atom stereocenters. The molecule has 4 heteroatoms. The molecule has 1 aromatic rings. The van der Waals surface area contributed by atoms with Gasteiger partial charge in [-0.05, 0) is 43.4 Å². The van der Waals surface area contributed by atoms with Crippen molar-refractivity contribution in [2.75, 3.05) is 5.32 Å². The van der Waals surface area contributed by atoms with Crippen molar-refractivity contribution in [3.05, 3.63) is 29.8 Å². The zero-order chi connectivity index (χ0) is 14.5. The van der Waals surface area contributed by atoms with Crippen LogP contribution in [0.4, 0.5) is 5.69 Å². The molecule has 2 rings (SSSR count). The number of aliphatic carboxylic acids is 1. The first-order valence-corrected chi connectivity index (χ1v) is 7.22. The molecule has 1 aromatic carbocycles. The van der Waals surface area contributed by atoms with E-state index in [1.807, 2.05) is 24.3 Å². The minimum Gasteiger partial charge on any atom is -0.481 e. The first-order valence-electron chi connectivity index (χ1n) is 7.22. The van der Waals surface area contributed by atoms with Crippen LogP contribution in [0.15, 0.2) is 24.3 Å². The Morgan fingerprint density at radius 2 is 1.85 bits per heavy atom. The predicted molar refractivity (Wildman–Crippen MR) is 77.5 cm³/mol. The number of benzene rings is 1. The van der Waals surface area contributed by atoms with Crippen LogP contribution in [-0.2, 0) is 16.0 Å². The highest BCUT2D eigenvalue weighted by molar-refractivity contribution is 5.93. The highest BCUT2D eigenvalue weighted by atomic mass is 16.4. The Labute approximate surface area is 119 Å². The second kappa shape index (κ2) is 6.55. The molecule has 1 saturated carbocycles. The third kappa shape index (κ3) is 3.59. The zero-order valence-corrected chi connectivity index (χ0v) is 11.8. The highest BCUT2D eigenvalue weighted by Crippen LogP contribution is 2.31. The summed E-state index contributed by atoms with van der Waals surface area (Å²) in [5, 5.41) is 11.8. The fraction of sp³-hybridized carbons (Fsp3) is 0.500. The van der Waals surface area contributed by atoms with E-state index >= 15 is 0 Å². The molecule has 0 radical (unpaired) electrons. The van der Waals surface area contributed by atoms with Gasteiger partial charge in [0.1, 0.15) is 0 Å². The van der Waals surface area contributed by atoms with Gasteiger partial charge in [0.15, 0.2) is 0 Å². The van der Waals surface area contributed by atoms with Gasteiger partial charge in [0.2, 0.25) is 5.91 Å². The van der Waals surface area contributed by atoms with Gasteiger partial charge in [-0.2, -0.15) is 0 Å². The summed E-state index contributed by atoms with van der Waals surface area (Å²) in [5.74, 6) is -1.38. The second-order valence-electron chi connectivity index (χ2n) is 5.48. The number of carbonyl (C=O) groups is 2. The molecule has 0 spiro atoms. The van der Waals surface area contributed by atoms with Gasteiger partial charge in [-0.15, -0.1) is 0 Å². The van der Waals surface area contributed by atoms with Crippen LogP contribution in [0.2, 0.25) is 0 Å². The lowest BCUT2D eigenvalue weighted by molar-refractivity contribution is -0.141. The average molecular weight is 275 g/mol. The van der Waals surface area contributed by atoms with Gasteiger partial charge in [0, 0.05) is 11.6 Å². The minimum absolute atomic E-state index is 0.0583. The zero-order valence-electron chi connectivity index (χ0n) is 11.8. The number of hydrogen-bond acceptors (Lipinski definition) is 2. The van der Waals surface area contributed by atoms with Crippen LogP contribution in [0, 0.1) is 11.8 Å². The van der Waals surface area contributed by atoms with Crippen LogP contribution in [0.25, 0.3) is 0 Å². The molecule has 2 atom stereocenters. The van der Waals surface area contributed by atoms with E-state index in [1.54, 1.807) is 0 Å². The molecule has 2 N–H and O–H groups in total. The van der Waals surface area contributed by atoms with E-state index in [2.05, 4.69) is 12.2 Å². The Balaban J connectivity index is 1.90. The monoisotopic (exact) mass is 275 g/mol. The summed E-state index contributed by atoms with van der Waals surface area (Å²) in [6.45, 7) is 2.13. The molecule has 1 fully saturated rings. The van der Waals surface area contributed by atoms with E-state index in [9.17, 15) is 9.59 Å². The van der Waals surface area contributed by atoms with Crippen LogP contribution in [0.5, 0.6) is 0 Å². The molecule has 0 bridgehead atoms. The summed E-state index contributed by atoms with van der Waals surface area (Å²) in [5.41, 5.74) is 2.05. The molecule has 108 valence electrons. The maximum Gasteiger partial charge on any atom is 0.306 e. The summed E-state index contributed by atoms with van der Waals surface area (Å²) in [7, 11) is 0. The van der Waals surface area contributed by atoms with E-state index in [4.69, 9.17) is 5.11 Å². The summed E-state index contributed by atoms with van der Waals surface area (Å²) in [6.07, 6.45) is 3.86. The number of rotatable bonds is 5. The maximum atomic E-state index is 12.1. The molecule has 20 heavy (non-hydrogen) atoms. The van der Waals surface area contributed by atoms with Crippen molar-refractivity contribution in [2.45, 2.75) is 39.0 Å². The second-order valence-corrected chi connectivity index (χ2v) is 5.48. The lowest BCUT2D eigenvalue weighted by Crippen LogP contribution is -2.21. The molecule has 4 nitrogen and oxygen atoms in total. The number of amides is 1. The maximum absolute atomic E-state index is 12.1. The fourth-order valence-electron chi connectivity index (χ4n) is 2.73. The Morgan fingerprint density at radius 3 is 2.40 bits per heavy atom. The first-order chi connectivity index (χ1) is 9.60. The molecule has 1 amide bonds. The lowest BCUT2D eigenvalue weighted by atomic mass is 10.0. The van der Waals surface area contributed by atoms with Crippen LogP contribution >= 0.6 is 0 Å². The van der Waals surface area contributed by atoms with E-state index in [0.717, 1.165) is 18.5 Å². The van der Waals surface area contributed by atoms with Crippen molar-refractivity contribution in [1.82, 2.24) is 0 Å². The number of nitrogens with one attached hydrogen (secondary N) is 1. The summed E-state index contributed by atoms with van der Waals surface area (Å²) < 4.78 is 0. The van der Waals surface area contributed by atoms with Gasteiger partial charge < -0.3 is 10.4 Å². The van der Waals surface area contributed by atoms with Gasteiger partial charge in [0.25, 0.3) is 0 Å². The Kier molecular flexibility index (Phi) is 4.77. The Bertz CT molecular complexity index is 481. The standard InChI is InChI=1S/C16H21NO3/c1-2-3-11-4-8-14(9-5-11)17-15(18)12-6-7-13(10-12)16(19)20/h4-5,8-9,12-13H,2-3,6-7,10H2,1H3,(H,17,18)(H,19,20)/t12-,13+/m1/s1. The topological polar surface area (TPSA) is 66.4 Å². The molecule has 0 heterocycles. The molecule has 1 aliphatic carbocycles. The normalized spacial score (nSPS) is 21.6. The number of carboxylic acid groups (broad SMARTS) is 1. The van der Waals surface area contributed by atoms with Crippen molar-refractivity contribution < 1.29 is 14.7 Å². The number of aryl methyl sites for hydroxylation is 1. The van der Waals surface area contributed by atoms with E-state index in [0.29, 0.717) is 19.3 Å².